The van der Waals surface area contributed by atoms with Crippen LogP contribution in [0.15, 0.2) is 24.3 Å². The second-order valence-corrected chi connectivity index (χ2v) is 5.30. The van der Waals surface area contributed by atoms with Crippen LogP contribution in [0.4, 0.5) is 4.39 Å². The third kappa shape index (κ3) is 6.23. The van der Waals surface area contributed by atoms with Crippen molar-refractivity contribution in [2.45, 2.75) is 31.8 Å². The van der Waals surface area contributed by atoms with Crippen LogP contribution in [-0.4, -0.2) is 38.3 Å². The Balaban J connectivity index is 1.55. The van der Waals surface area contributed by atoms with Gasteiger partial charge in [-0.1, -0.05) is 12.1 Å². The number of hydrogen-bond donors (Lipinski definition) is 2. The zero-order valence-corrected chi connectivity index (χ0v) is 12.2. The second-order valence-electron chi connectivity index (χ2n) is 5.30. The molecule has 0 atom stereocenters. The summed E-state index contributed by atoms with van der Waals surface area (Å²) in [4.78, 5) is 11.7. The smallest absolute Gasteiger partial charge is 0.222 e. The van der Waals surface area contributed by atoms with E-state index in [9.17, 15) is 9.18 Å². The summed E-state index contributed by atoms with van der Waals surface area (Å²) in [6, 6.07) is 6.45. The molecule has 21 heavy (non-hydrogen) atoms. The van der Waals surface area contributed by atoms with Crippen molar-refractivity contribution in [2.75, 3.05) is 26.2 Å². The lowest BCUT2D eigenvalue weighted by molar-refractivity contribution is -0.122. The number of carbonyl (C=O) groups is 1. The van der Waals surface area contributed by atoms with Gasteiger partial charge in [-0.2, -0.15) is 0 Å². The molecular formula is C16H23FN2O2. The summed E-state index contributed by atoms with van der Waals surface area (Å²) in [7, 11) is 0. The second kappa shape index (κ2) is 8.74. The molecule has 1 aliphatic heterocycles. The standard InChI is InChI=1S/C16H23FN2O2/c17-14-3-1-2-13(12-14)4-10-19-16(20)7-11-21-15-5-8-18-9-6-15/h1-3,12,15,18H,4-11H2,(H,19,20). The summed E-state index contributed by atoms with van der Waals surface area (Å²) in [5, 5.41) is 6.11. The summed E-state index contributed by atoms with van der Waals surface area (Å²) in [6.45, 7) is 2.97. The van der Waals surface area contributed by atoms with Crippen LogP contribution < -0.4 is 10.6 Å². The monoisotopic (exact) mass is 294 g/mol. The summed E-state index contributed by atoms with van der Waals surface area (Å²) in [5.74, 6) is -0.255. The Morgan fingerprint density at radius 1 is 1.38 bits per heavy atom. The number of halogens is 1. The van der Waals surface area contributed by atoms with E-state index in [-0.39, 0.29) is 17.8 Å². The number of piperidine rings is 1. The van der Waals surface area contributed by atoms with Crippen molar-refractivity contribution >= 4 is 5.91 Å². The van der Waals surface area contributed by atoms with E-state index >= 15 is 0 Å². The Kier molecular flexibility index (Phi) is 6.63. The lowest BCUT2D eigenvalue weighted by atomic mass is 10.1. The zero-order valence-electron chi connectivity index (χ0n) is 12.2. The van der Waals surface area contributed by atoms with Crippen molar-refractivity contribution in [3.63, 3.8) is 0 Å². The van der Waals surface area contributed by atoms with E-state index in [1.165, 1.54) is 12.1 Å². The number of carbonyl (C=O) groups excluding carboxylic acids is 1. The van der Waals surface area contributed by atoms with Gasteiger partial charge in [-0.25, -0.2) is 4.39 Å². The zero-order chi connectivity index (χ0) is 14.9. The van der Waals surface area contributed by atoms with Gasteiger partial charge >= 0.3 is 0 Å². The molecule has 5 heteroatoms. The van der Waals surface area contributed by atoms with Crippen LogP contribution in [0.25, 0.3) is 0 Å². The highest BCUT2D eigenvalue weighted by atomic mass is 19.1. The molecule has 0 spiro atoms. The number of benzene rings is 1. The van der Waals surface area contributed by atoms with Gasteiger partial charge in [0, 0.05) is 13.0 Å². The van der Waals surface area contributed by atoms with Crippen LogP contribution >= 0.6 is 0 Å². The van der Waals surface area contributed by atoms with Gasteiger partial charge in [0.2, 0.25) is 5.91 Å². The molecule has 1 heterocycles. The van der Waals surface area contributed by atoms with E-state index in [1.54, 1.807) is 6.07 Å². The quantitative estimate of drug-likeness (QED) is 0.804. The first-order valence-electron chi connectivity index (χ1n) is 7.57. The molecule has 1 fully saturated rings. The molecule has 1 saturated heterocycles. The average molecular weight is 294 g/mol. The summed E-state index contributed by atoms with van der Waals surface area (Å²) < 4.78 is 18.7. The fraction of sp³-hybridized carbons (Fsp3) is 0.562. The maximum absolute atomic E-state index is 13.0. The molecule has 4 nitrogen and oxygen atoms in total. The molecule has 1 amide bonds. The van der Waals surface area contributed by atoms with Crippen molar-refractivity contribution in [2.24, 2.45) is 0 Å². The maximum Gasteiger partial charge on any atom is 0.222 e. The minimum Gasteiger partial charge on any atom is -0.378 e. The predicted molar refractivity (Wildman–Crippen MR) is 79.6 cm³/mol. The van der Waals surface area contributed by atoms with Crippen molar-refractivity contribution in [1.29, 1.82) is 0 Å². The molecule has 0 unspecified atom stereocenters. The molecule has 0 bridgehead atoms. The first kappa shape index (κ1) is 15.9. The average Bonchev–Trinajstić information content (AvgIpc) is 2.48. The molecule has 0 aliphatic carbocycles. The van der Waals surface area contributed by atoms with Crippen molar-refractivity contribution in [1.82, 2.24) is 10.6 Å². The van der Waals surface area contributed by atoms with E-state index in [2.05, 4.69) is 10.6 Å². The van der Waals surface area contributed by atoms with E-state index in [1.807, 2.05) is 6.07 Å². The van der Waals surface area contributed by atoms with E-state index < -0.39 is 0 Å². The van der Waals surface area contributed by atoms with Crippen molar-refractivity contribution < 1.29 is 13.9 Å². The summed E-state index contributed by atoms with van der Waals surface area (Å²) in [5.41, 5.74) is 0.890. The van der Waals surface area contributed by atoms with Gasteiger partial charge in [0.25, 0.3) is 0 Å². The van der Waals surface area contributed by atoms with Crippen LogP contribution in [0.2, 0.25) is 0 Å². The third-order valence-corrected chi connectivity index (χ3v) is 3.59. The van der Waals surface area contributed by atoms with Gasteiger partial charge in [0.15, 0.2) is 0 Å². The first-order valence-corrected chi connectivity index (χ1v) is 7.57. The number of amides is 1. The Bertz CT molecular complexity index is 448. The molecule has 1 aromatic carbocycles. The van der Waals surface area contributed by atoms with Gasteiger partial charge in [0.05, 0.1) is 12.7 Å². The highest BCUT2D eigenvalue weighted by molar-refractivity contribution is 5.75. The number of rotatable bonds is 7. The molecule has 0 aromatic heterocycles. The van der Waals surface area contributed by atoms with E-state index in [4.69, 9.17) is 4.74 Å². The summed E-state index contributed by atoms with van der Waals surface area (Å²) >= 11 is 0. The van der Waals surface area contributed by atoms with Gasteiger partial charge in [-0.3, -0.25) is 4.79 Å². The lowest BCUT2D eigenvalue weighted by Crippen LogP contribution is -2.33. The third-order valence-electron chi connectivity index (χ3n) is 3.59. The Morgan fingerprint density at radius 3 is 2.95 bits per heavy atom. The van der Waals surface area contributed by atoms with Crippen LogP contribution in [0.5, 0.6) is 0 Å². The molecule has 2 N–H and O–H groups in total. The number of ether oxygens (including phenoxy) is 1. The van der Waals surface area contributed by atoms with Crippen LogP contribution in [0.3, 0.4) is 0 Å². The Morgan fingerprint density at radius 2 is 2.19 bits per heavy atom. The highest BCUT2D eigenvalue weighted by Crippen LogP contribution is 2.07. The molecular weight excluding hydrogens is 271 g/mol. The normalized spacial score (nSPS) is 15.9. The molecule has 1 aliphatic rings. The fourth-order valence-corrected chi connectivity index (χ4v) is 2.41. The molecule has 2 rings (SSSR count). The van der Waals surface area contributed by atoms with Crippen molar-refractivity contribution in [3.05, 3.63) is 35.6 Å². The Hall–Kier alpha value is -1.46. The van der Waals surface area contributed by atoms with Crippen LogP contribution in [-0.2, 0) is 16.0 Å². The summed E-state index contributed by atoms with van der Waals surface area (Å²) in [6.07, 6.45) is 3.33. The lowest BCUT2D eigenvalue weighted by Gasteiger charge is -2.22. The molecule has 0 radical (unpaired) electrons. The first-order chi connectivity index (χ1) is 10.2. The Labute approximate surface area is 125 Å². The topological polar surface area (TPSA) is 50.4 Å². The van der Waals surface area contributed by atoms with E-state index in [0.717, 1.165) is 31.5 Å². The number of hydrogen-bond acceptors (Lipinski definition) is 3. The van der Waals surface area contributed by atoms with Crippen molar-refractivity contribution in [3.8, 4) is 0 Å². The predicted octanol–water partition coefficient (Wildman–Crippen LogP) is 1.64. The largest absolute Gasteiger partial charge is 0.378 e. The highest BCUT2D eigenvalue weighted by Gasteiger charge is 2.13. The van der Waals surface area contributed by atoms with Gasteiger partial charge in [-0.05, 0) is 50.0 Å². The molecule has 1 aromatic rings. The molecule has 0 saturated carbocycles. The number of nitrogens with one attached hydrogen (secondary N) is 2. The minimum atomic E-state index is -0.241. The van der Waals surface area contributed by atoms with Crippen LogP contribution in [0.1, 0.15) is 24.8 Å². The van der Waals surface area contributed by atoms with Crippen LogP contribution in [0, 0.1) is 5.82 Å². The minimum absolute atomic E-state index is 0.0136. The van der Waals surface area contributed by atoms with Gasteiger partial charge in [-0.15, -0.1) is 0 Å². The van der Waals surface area contributed by atoms with Gasteiger partial charge in [0.1, 0.15) is 5.82 Å². The molecule has 116 valence electrons. The maximum atomic E-state index is 13.0. The van der Waals surface area contributed by atoms with E-state index in [0.29, 0.717) is 26.0 Å². The van der Waals surface area contributed by atoms with Gasteiger partial charge < -0.3 is 15.4 Å². The SMILES string of the molecule is O=C(CCOC1CCNCC1)NCCc1cccc(F)c1. The fourth-order valence-electron chi connectivity index (χ4n) is 2.41.